The molecular weight excluding hydrogens is 430 g/mol. The van der Waals surface area contributed by atoms with E-state index in [-0.39, 0.29) is 17.3 Å². The zero-order valence-electron chi connectivity index (χ0n) is 18.6. The van der Waals surface area contributed by atoms with E-state index in [4.69, 9.17) is 9.47 Å². The molecule has 0 atom stereocenters. The molecule has 0 aromatic heterocycles. The van der Waals surface area contributed by atoms with Crippen LogP contribution >= 0.6 is 0 Å². The number of nitrogens with one attached hydrogen (secondary N) is 2. The highest BCUT2D eigenvalue weighted by Gasteiger charge is 2.30. The van der Waals surface area contributed by atoms with E-state index in [1.807, 2.05) is 38.1 Å². The molecule has 2 aromatic carbocycles. The molecule has 0 bridgehead atoms. The molecule has 8 nitrogen and oxygen atoms in total. The average molecular weight is 462 g/mol. The van der Waals surface area contributed by atoms with Gasteiger partial charge in [0.1, 0.15) is 23.0 Å². The Morgan fingerprint density at radius 1 is 1.09 bits per heavy atom. The molecule has 0 saturated carbocycles. The van der Waals surface area contributed by atoms with E-state index in [1.54, 1.807) is 12.1 Å². The standard InChI is InChI=1S/C23H31N3O5S/c1-3-30-21-10-9-19(16-22(21)32(28,29)26-12-4-5-13-26)25-17-23(27)24-11-14-31-20-8-6-7-18(2)15-20/h6-10,15-16,25H,3-5,11-14,17H2,1-2H3,(H,24,27). The molecule has 2 N–H and O–H groups in total. The van der Waals surface area contributed by atoms with Crippen LogP contribution in [0.15, 0.2) is 47.4 Å². The normalized spacial score (nSPS) is 14.2. The molecule has 1 heterocycles. The molecule has 0 unspecified atom stereocenters. The minimum absolute atomic E-state index is 0.0155. The Balaban J connectivity index is 1.54. The van der Waals surface area contributed by atoms with Gasteiger partial charge in [0.15, 0.2) is 0 Å². The molecule has 2 aromatic rings. The molecular formula is C23H31N3O5S. The minimum Gasteiger partial charge on any atom is -0.492 e. The fourth-order valence-electron chi connectivity index (χ4n) is 3.47. The number of carbonyl (C=O) groups is 1. The lowest BCUT2D eigenvalue weighted by Gasteiger charge is -2.19. The highest BCUT2D eigenvalue weighted by atomic mass is 32.2. The third kappa shape index (κ3) is 6.37. The number of hydrogen-bond acceptors (Lipinski definition) is 6. The average Bonchev–Trinajstić information content (AvgIpc) is 3.32. The molecule has 0 aliphatic carbocycles. The lowest BCUT2D eigenvalue weighted by atomic mass is 10.2. The second-order valence-electron chi connectivity index (χ2n) is 7.57. The molecule has 1 saturated heterocycles. The first-order valence-corrected chi connectivity index (χ1v) is 12.3. The lowest BCUT2D eigenvalue weighted by molar-refractivity contribution is -0.119. The van der Waals surface area contributed by atoms with Crippen molar-refractivity contribution in [2.45, 2.75) is 31.6 Å². The van der Waals surface area contributed by atoms with E-state index in [2.05, 4.69) is 10.6 Å². The van der Waals surface area contributed by atoms with Crippen LogP contribution in [-0.4, -0.2) is 58.0 Å². The predicted molar refractivity (Wildman–Crippen MR) is 124 cm³/mol. The van der Waals surface area contributed by atoms with Crippen LogP contribution in [0.5, 0.6) is 11.5 Å². The number of nitrogens with zero attached hydrogens (tertiary/aromatic N) is 1. The summed E-state index contributed by atoms with van der Waals surface area (Å²) in [5, 5.41) is 5.77. The summed E-state index contributed by atoms with van der Waals surface area (Å²) in [5.41, 5.74) is 1.65. The van der Waals surface area contributed by atoms with Gasteiger partial charge >= 0.3 is 0 Å². The highest BCUT2D eigenvalue weighted by Crippen LogP contribution is 2.31. The second kappa shape index (κ2) is 11.2. The zero-order valence-corrected chi connectivity index (χ0v) is 19.4. The Kier molecular flexibility index (Phi) is 8.35. The van der Waals surface area contributed by atoms with Crippen molar-refractivity contribution in [1.29, 1.82) is 0 Å². The Labute approximate surface area is 190 Å². The third-order valence-electron chi connectivity index (χ3n) is 5.06. The zero-order chi connectivity index (χ0) is 23.0. The molecule has 1 aliphatic rings. The highest BCUT2D eigenvalue weighted by molar-refractivity contribution is 7.89. The van der Waals surface area contributed by atoms with Crippen molar-refractivity contribution in [3.05, 3.63) is 48.0 Å². The topological polar surface area (TPSA) is 97.0 Å². The van der Waals surface area contributed by atoms with Gasteiger partial charge in [0.2, 0.25) is 15.9 Å². The SMILES string of the molecule is CCOc1ccc(NCC(=O)NCCOc2cccc(C)c2)cc1S(=O)(=O)N1CCCC1. The van der Waals surface area contributed by atoms with E-state index < -0.39 is 10.0 Å². The van der Waals surface area contributed by atoms with Crippen molar-refractivity contribution in [3.63, 3.8) is 0 Å². The minimum atomic E-state index is -3.65. The second-order valence-corrected chi connectivity index (χ2v) is 9.48. The van der Waals surface area contributed by atoms with Crippen molar-refractivity contribution >= 4 is 21.6 Å². The molecule has 1 fully saturated rings. The van der Waals surface area contributed by atoms with Crippen LogP contribution < -0.4 is 20.1 Å². The molecule has 174 valence electrons. The number of benzene rings is 2. The Morgan fingerprint density at radius 3 is 2.59 bits per heavy atom. The third-order valence-corrected chi connectivity index (χ3v) is 6.98. The van der Waals surface area contributed by atoms with E-state index in [1.165, 1.54) is 10.4 Å². The summed E-state index contributed by atoms with van der Waals surface area (Å²) in [6.45, 7) is 5.93. The maximum atomic E-state index is 13.1. The monoisotopic (exact) mass is 461 g/mol. The Hall–Kier alpha value is -2.78. The molecule has 0 spiro atoms. The van der Waals surface area contributed by atoms with Crippen LogP contribution in [0.3, 0.4) is 0 Å². The first kappa shape index (κ1) is 23.9. The largest absolute Gasteiger partial charge is 0.492 e. The van der Waals surface area contributed by atoms with Gasteiger partial charge in [-0.15, -0.1) is 0 Å². The summed E-state index contributed by atoms with van der Waals surface area (Å²) < 4.78 is 38.8. The molecule has 32 heavy (non-hydrogen) atoms. The fourth-order valence-corrected chi connectivity index (χ4v) is 5.15. The first-order valence-electron chi connectivity index (χ1n) is 10.9. The summed E-state index contributed by atoms with van der Waals surface area (Å²) in [4.78, 5) is 12.3. The van der Waals surface area contributed by atoms with Gasteiger partial charge in [0, 0.05) is 18.8 Å². The van der Waals surface area contributed by atoms with Crippen LogP contribution in [0, 0.1) is 6.92 Å². The molecule has 0 radical (unpaired) electrons. The smallest absolute Gasteiger partial charge is 0.246 e. The van der Waals surface area contributed by atoms with Crippen molar-refractivity contribution in [2.75, 3.05) is 44.7 Å². The van der Waals surface area contributed by atoms with Crippen molar-refractivity contribution in [3.8, 4) is 11.5 Å². The maximum Gasteiger partial charge on any atom is 0.246 e. The van der Waals surface area contributed by atoms with Gasteiger partial charge in [-0.25, -0.2) is 8.42 Å². The lowest BCUT2D eigenvalue weighted by Crippen LogP contribution is -2.33. The Bertz CT molecular complexity index is 1020. The van der Waals surface area contributed by atoms with Gasteiger partial charge in [-0.3, -0.25) is 4.79 Å². The van der Waals surface area contributed by atoms with E-state index in [0.717, 1.165) is 24.2 Å². The summed E-state index contributed by atoms with van der Waals surface area (Å²) in [6.07, 6.45) is 1.71. The molecule has 9 heteroatoms. The number of hydrogen-bond donors (Lipinski definition) is 2. The molecule has 1 amide bonds. The van der Waals surface area contributed by atoms with Crippen LogP contribution in [-0.2, 0) is 14.8 Å². The van der Waals surface area contributed by atoms with E-state index >= 15 is 0 Å². The van der Waals surface area contributed by atoms with Crippen LogP contribution in [0.1, 0.15) is 25.3 Å². The van der Waals surface area contributed by atoms with Gasteiger partial charge in [-0.2, -0.15) is 4.31 Å². The number of ether oxygens (including phenoxy) is 2. The quantitative estimate of drug-likeness (QED) is 0.500. The number of rotatable bonds is 11. The number of carbonyl (C=O) groups excluding carboxylic acids is 1. The first-order chi connectivity index (χ1) is 15.4. The van der Waals surface area contributed by atoms with Crippen molar-refractivity contribution < 1.29 is 22.7 Å². The Morgan fingerprint density at radius 2 is 1.88 bits per heavy atom. The fraction of sp³-hybridized carbons (Fsp3) is 0.435. The summed E-state index contributed by atoms with van der Waals surface area (Å²) in [5.74, 6) is 0.872. The number of anilines is 1. The van der Waals surface area contributed by atoms with Crippen LogP contribution in [0.2, 0.25) is 0 Å². The van der Waals surface area contributed by atoms with Crippen LogP contribution in [0.4, 0.5) is 5.69 Å². The van der Waals surface area contributed by atoms with E-state index in [9.17, 15) is 13.2 Å². The summed E-state index contributed by atoms with van der Waals surface area (Å²) >= 11 is 0. The maximum absolute atomic E-state index is 13.1. The van der Waals surface area contributed by atoms with Crippen molar-refractivity contribution in [1.82, 2.24) is 9.62 Å². The number of aryl methyl sites for hydroxylation is 1. The van der Waals surface area contributed by atoms with Gasteiger partial charge in [0.05, 0.1) is 19.7 Å². The van der Waals surface area contributed by atoms with Gasteiger partial charge in [-0.05, 0) is 62.6 Å². The van der Waals surface area contributed by atoms with Gasteiger partial charge in [-0.1, -0.05) is 12.1 Å². The summed E-state index contributed by atoms with van der Waals surface area (Å²) in [6, 6.07) is 12.6. The summed E-state index contributed by atoms with van der Waals surface area (Å²) in [7, 11) is -3.65. The van der Waals surface area contributed by atoms with Gasteiger partial charge < -0.3 is 20.1 Å². The number of sulfonamides is 1. The van der Waals surface area contributed by atoms with E-state index in [0.29, 0.717) is 44.3 Å². The molecule has 3 rings (SSSR count). The number of amides is 1. The molecule has 1 aliphatic heterocycles. The van der Waals surface area contributed by atoms with Crippen molar-refractivity contribution in [2.24, 2.45) is 0 Å². The van der Waals surface area contributed by atoms with Crippen LogP contribution in [0.25, 0.3) is 0 Å². The predicted octanol–water partition coefficient (Wildman–Crippen LogP) is 2.79. The van der Waals surface area contributed by atoms with Gasteiger partial charge in [0.25, 0.3) is 0 Å².